The maximum Gasteiger partial charge on any atom is 0.169 e. The lowest BCUT2D eigenvalue weighted by atomic mass is 10.2. The van der Waals surface area contributed by atoms with Gasteiger partial charge in [-0.25, -0.2) is 0 Å². The second-order valence-corrected chi connectivity index (χ2v) is 3.97. The molecule has 1 fully saturated rings. The summed E-state index contributed by atoms with van der Waals surface area (Å²) in [5, 5.41) is 4.13. The third-order valence-electron chi connectivity index (χ3n) is 2.41. The number of morpholine rings is 1. The smallest absolute Gasteiger partial charge is 0.169 e. The molecule has 1 N–H and O–H groups in total. The summed E-state index contributed by atoms with van der Waals surface area (Å²) in [5.41, 5.74) is 0. The normalized spacial score (nSPS) is 22.1. The number of rotatable bonds is 3. The van der Waals surface area contributed by atoms with Crippen molar-refractivity contribution in [3.8, 4) is 0 Å². The van der Waals surface area contributed by atoms with Crippen molar-refractivity contribution in [3.05, 3.63) is 0 Å². The number of nitrogens with zero attached hydrogens (tertiary/aromatic N) is 1. The zero-order valence-corrected chi connectivity index (χ0v) is 9.90. The summed E-state index contributed by atoms with van der Waals surface area (Å²) < 4.78 is 5.58. The number of nitrogens with one attached hydrogen (secondary N) is 1. The minimum Gasteiger partial charge on any atom is -0.375 e. The third kappa shape index (κ3) is 3.42. The number of thiocarbonyl (C=S) groups is 1. The van der Waals surface area contributed by atoms with Crippen LogP contribution in [0.5, 0.6) is 0 Å². The van der Waals surface area contributed by atoms with Gasteiger partial charge in [0.05, 0.1) is 12.7 Å². The van der Waals surface area contributed by atoms with Crippen LogP contribution in [-0.4, -0.2) is 42.4 Å². The van der Waals surface area contributed by atoms with Crippen LogP contribution >= 0.6 is 12.2 Å². The van der Waals surface area contributed by atoms with Gasteiger partial charge in [0.1, 0.15) is 0 Å². The molecule has 3 nitrogen and oxygen atoms in total. The van der Waals surface area contributed by atoms with Crippen LogP contribution in [0.2, 0.25) is 0 Å². The Kier molecular flexibility index (Phi) is 5.19. The average molecular weight is 216 g/mol. The highest BCUT2D eigenvalue weighted by Gasteiger charge is 2.20. The monoisotopic (exact) mass is 216 g/mol. The lowest BCUT2D eigenvalue weighted by Gasteiger charge is -2.34. The van der Waals surface area contributed by atoms with Gasteiger partial charge in [0.2, 0.25) is 0 Å². The van der Waals surface area contributed by atoms with E-state index in [9.17, 15) is 0 Å². The van der Waals surface area contributed by atoms with Gasteiger partial charge in [0, 0.05) is 19.6 Å². The highest BCUT2D eigenvalue weighted by molar-refractivity contribution is 7.80. The molecular formula is C10H20N2OS. The van der Waals surface area contributed by atoms with E-state index in [1.54, 1.807) is 0 Å². The first kappa shape index (κ1) is 11.7. The Morgan fingerprint density at radius 3 is 3.00 bits per heavy atom. The largest absolute Gasteiger partial charge is 0.375 e. The molecule has 1 aliphatic heterocycles. The second kappa shape index (κ2) is 6.19. The Hall–Kier alpha value is -0.350. The van der Waals surface area contributed by atoms with E-state index >= 15 is 0 Å². The maximum absolute atomic E-state index is 5.58. The Morgan fingerprint density at radius 1 is 1.57 bits per heavy atom. The highest BCUT2D eigenvalue weighted by atomic mass is 32.1. The molecule has 1 rings (SSSR count). The molecule has 1 saturated heterocycles. The van der Waals surface area contributed by atoms with E-state index in [-0.39, 0.29) is 0 Å². The van der Waals surface area contributed by atoms with Crippen molar-refractivity contribution in [1.82, 2.24) is 10.2 Å². The van der Waals surface area contributed by atoms with E-state index in [4.69, 9.17) is 17.0 Å². The molecule has 1 heterocycles. The van der Waals surface area contributed by atoms with Gasteiger partial charge < -0.3 is 15.0 Å². The molecule has 0 aromatic heterocycles. The van der Waals surface area contributed by atoms with E-state index in [1.807, 2.05) is 0 Å². The summed E-state index contributed by atoms with van der Waals surface area (Å²) in [4.78, 5) is 2.21. The lowest BCUT2D eigenvalue weighted by Crippen LogP contribution is -2.49. The fourth-order valence-corrected chi connectivity index (χ4v) is 1.76. The van der Waals surface area contributed by atoms with E-state index in [0.717, 1.165) is 44.2 Å². The Labute approximate surface area is 91.8 Å². The zero-order valence-electron chi connectivity index (χ0n) is 9.08. The summed E-state index contributed by atoms with van der Waals surface area (Å²) in [5.74, 6) is 0. The topological polar surface area (TPSA) is 24.5 Å². The van der Waals surface area contributed by atoms with Gasteiger partial charge >= 0.3 is 0 Å². The van der Waals surface area contributed by atoms with Gasteiger partial charge in [0.25, 0.3) is 0 Å². The first-order valence-corrected chi connectivity index (χ1v) is 5.83. The van der Waals surface area contributed by atoms with Crippen molar-refractivity contribution < 1.29 is 4.74 Å². The van der Waals surface area contributed by atoms with Gasteiger partial charge in [0.15, 0.2) is 5.11 Å². The van der Waals surface area contributed by atoms with E-state index in [2.05, 4.69) is 24.1 Å². The van der Waals surface area contributed by atoms with Crippen molar-refractivity contribution in [1.29, 1.82) is 0 Å². The zero-order chi connectivity index (χ0) is 10.4. The van der Waals surface area contributed by atoms with Crippen LogP contribution in [0.1, 0.15) is 26.7 Å². The molecule has 0 amide bonds. The minimum atomic E-state index is 0.352. The fraction of sp³-hybridized carbons (Fsp3) is 0.900. The lowest BCUT2D eigenvalue weighted by molar-refractivity contribution is -0.00719. The van der Waals surface area contributed by atoms with Gasteiger partial charge in [-0.2, -0.15) is 0 Å². The maximum atomic E-state index is 5.58. The quantitative estimate of drug-likeness (QED) is 0.720. The Balaban J connectivity index is 2.31. The summed E-state index contributed by atoms with van der Waals surface area (Å²) in [6.45, 7) is 7.91. The first-order chi connectivity index (χ1) is 6.77. The molecule has 0 radical (unpaired) electrons. The van der Waals surface area contributed by atoms with E-state index < -0.39 is 0 Å². The molecule has 4 heteroatoms. The molecule has 0 spiro atoms. The number of hydrogen-bond donors (Lipinski definition) is 1. The van der Waals surface area contributed by atoms with Crippen LogP contribution in [-0.2, 0) is 4.74 Å². The summed E-state index contributed by atoms with van der Waals surface area (Å²) in [6.07, 6.45) is 2.53. The summed E-state index contributed by atoms with van der Waals surface area (Å²) in [6, 6.07) is 0. The standard InChI is InChI=1S/C10H20N2OS/c1-3-5-11-10(14)12-6-7-13-9(4-2)8-12/h9H,3-8H2,1-2H3,(H,11,14). The summed E-state index contributed by atoms with van der Waals surface area (Å²) >= 11 is 5.30. The molecule has 0 saturated carbocycles. The molecular weight excluding hydrogens is 196 g/mol. The second-order valence-electron chi connectivity index (χ2n) is 3.58. The van der Waals surface area contributed by atoms with Crippen molar-refractivity contribution in [2.45, 2.75) is 32.8 Å². The van der Waals surface area contributed by atoms with Crippen molar-refractivity contribution >= 4 is 17.3 Å². The van der Waals surface area contributed by atoms with E-state index in [1.165, 1.54) is 0 Å². The van der Waals surface area contributed by atoms with Gasteiger partial charge in [-0.3, -0.25) is 0 Å². The van der Waals surface area contributed by atoms with Gasteiger partial charge in [-0.1, -0.05) is 13.8 Å². The van der Waals surface area contributed by atoms with Crippen LogP contribution in [0.4, 0.5) is 0 Å². The predicted molar refractivity (Wildman–Crippen MR) is 62.5 cm³/mol. The van der Waals surface area contributed by atoms with Crippen molar-refractivity contribution in [2.24, 2.45) is 0 Å². The molecule has 1 unspecified atom stereocenters. The summed E-state index contributed by atoms with van der Waals surface area (Å²) in [7, 11) is 0. The molecule has 1 atom stereocenters. The van der Waals surface area contributed by atoms with Crippen LogP contribution in [0, 0.1) is 0 Å². The predicted octanol–water partition coefficient (Wildman–Crippen LogP) is 1.38. The average Bonchev–Trinajstić information content (AvgIpc) is 2.26. The number of hydrogen-bond acceptors (Lipinski definition) is 2. The van der Waals surface area contributed by atoms with E-state index in [0.29, 0.717) is 6.10 Å². The fourth-order valence-electron chi connectivity index (χ4n) is 1.49. The third-order valence-corrected chi connectivity index (χ3v) is 2.81. The van der Waals surface area contributed by atoms with Crippen molar-refractivity contribution in [2.75, 3.05) is 26.2 Å². The number of ether oxygens (including phenoxy) is 1. The molecule has 0 bridgehead atoms. The first-order valence-electron chi connectivity index (χ1n) is 5.42. The Morgan fingerprint density at radius 2 is 2.36 bits per heavy atom. The van der Waals surface area contributed by atoms with Gasteiger partial charge in [-0.05, 0) is 25.1 Å². The highest BCUT2D eigenvalue weighted by Crippen LogP contribution is 2.08. The Bertz CT molecular complexity index is 187. The molecule has 82 valence electrons. The molecule has 0 aromatic carbocycles. The molecule has 0 aromatic rings. The van der Waals surface area contributed by atoms with Crippen LogP contribution in [0.3, 0.4) is 0 Å². The SMILES string of the molecule is CCCNC(=S)N1CCOC(CC)C1. The molecule has 0 aliphatic carbocycles. The van der Waals surface area contributed by atoms with Gasteiger partial charge in [-0.15, -0.1) is 0 Å². The van der Waals surface area contributed by atoms with Crippen LogP contribution in [0.25, 0.3) is 0 Å². The van der Waals surface area contributed by atoms with Crippen LogP contribution < -0.4 is 5.32 Å². The van der Waals surface area contributed by atoms with Crippen LogP contribution in [0.15, 0.2) is 0 Å². The molecule has 14 heavy (non-hydrogen) atoms. The minimum absolute atomic E-state index is 0.352. The molecule has 1 aliphatic rings. The van der Waals surface area contributed by atoms with Crippen molar-refractivity contribution in [3.63, 3.8) is 0 Å².